The van der Waals surface area contributed by atoms with E-state index in [9.17, 15) is 31.5 Å². The average molecular weight is 340 g/mol. The van der Waals surface area contributed by atoms with Gasteiger partial charge < -0.3 is 9.29 Å². The highest BCUT2D eigenvalue weighted by molar-refractivity contribution is 7.87. The maximum Gasteiger partial charge on any atom is 0.534 e. The first-order chi connectivity index (χ1) is 10.1. The Morgan fingerprint density at radius 3 is 2.27 bits per heavy atom. The molecule has 0 spiro atoms. The summed E-state index contributed by atoms with van der Waals surface area (Å²) in [6, 6.07) is 4.03. The molecular formula is C13H15F3O5S. The van der Waals surface area contributed by atoms with E-state index in [2.05, 4.69) is 4.18 Å². The van der Waals surface area contributed by atoms with E-state index < -0.39 is 33.3 Å². The van der Waals surface area contributed by atoms with Crippen LogP contribution in [0, 0.1) is 0 Å². The number of alkyl halides is 3. The van der Waals surface area contributed by atoms with Crippen molar-refractivity contribution in [3.05, 3.63) is 29.8 Å². The number of hydrogen-bond donors (Lipinski definition) is 1. The van der Waals surface area contributed by atoms with Gasteiger partial charge in [0.05, 0.1) is 0 Å². The summed E-state index contributed by atoms with van der Waals surface area (Å²) in [5.74, 6) is -1.16. The number of unbranched alkanes of at least 4 members (excludes halogenated alkanes) is 1. The summed E-state index contributed by atoms with van der Waals surface area (Å²) in [5.41, 5.74) is -5.47. The van der Waals surface area contributed by atoms with E-state index in [1.807, 2.05) is 6.92 Å². The molecular weight excluding hydrogens is 325 g/mol. The highest BCUT2D eigenvalue weighted by Crippen LogP contribution is 2.27. The Morgan fingerprint density at radius 1 is 1.27 bits per heavy atom. The molecule has 0 heterocycles. The highest BCUT2D eigenvalue weighted by Gasteiger charge is 2.48. The zero-order valence-electron chi connectivity index (χ0n) is 11.6. The minimum atomic E-state index is -5.75. The molecule has 22 heavy (non-hydrogen) atoms. The molecule has 9 heteroatoms. The number of Topliss-reactive ketones (excluding diaryl/α,β-unsaturated/α-hetero) is 1. The monoisotopic (exact) mass is 340 g/mol. The molecule has 0 aliphatic heterocycles. The molecule has 0 saturated heterocycles. The Labute approximate surface area is 125 Å². The van der Waals surface area contributed by atoms with Gasteiger partial charge in [-0.1, -0.05) is 19.8 Å². The van der Waals surface area contributed by atoms with Crippen LogP contribution in [0.2, 0.25) is 0 Å². The van der Waals surface area contributed by atoms with Crippen molar-refractivity contribution in [1.82, 2.24) is 0 Å². The fraction of sp³-hybridized carbons (Fsp3) is 0.462. The van der Waals surface area contributed by atoms with Crippen LogP contribution in [0.4, 0.5) is 13.2 Å². The molecule has 0 amide bonds. The highest BCUT2D eigenvalue weighted by atomic mass is 32.2. The molecule has 1 aromatic carbocycles. The van der Waals surface area contributed by atoms with Crippen molar-refractivity contribution in [1.29, 1.82) is 0 Å². The van der Waals surface area contributed by atoms with Crippen molar-refractivity contribution in [2.24, 2.45) is 0 Å². The smallest absolute Gasteiger partial charge is 0.385 e. The van der Waals surface area contributed by atoms with E-state index in [0.717, 1.165) is 30.7 Å². The lowest BCUT2D eigenvalue weighted by atomic mass is 10.0. The van der Waals surface area contributed by atoms with Gasteiger partial charge in [-0.15, -0.1) is 0 Å². The number of aliphatic hydroxyl groups excluding tert-OH is 1. The van der Waals surface area contributed by atoms with E-state index in [0.29, 0.717) is 6.42 Å². The topological polar surface area (TPSA) is 80.7 Å². The number of ketones is 1. The summed E-state index contributed by atoms with van der Waals surface area (Å²) in [6.45, 7) is 1.89. The Balaban J connectivity index is 2.81. The fourth-order valence-corrected chi connectivity index (χ4v) is 2.03. The summed E-state index contributed by atoms with van der Waals surface area (Å²) in [4.78, 5) is 11.8. The molecule has 1 aromatic rings. The number of hydrogen-bond acceptors (Lipinski definition) is 5. The third-order valence-corrected chi connectivity index (χ3v) is 3.74. The first-order valence-electron chi connectivity index (χ1n) is 6.41. The van der Waals surface area contributed by atoms with Crippen LogP contribution in [0.25, 0.3) is 0 Å². The minimum absolute atomic E-state index is 0.0559. The van der Waals surface area contributed by atoms with Gasteiger partial charge in [-0.25, -0.2) is 0 Å². The van der Waals surface area contributed by atoms with Crippen LogP contribution >= 0.6 is 0 Å². The maximum absolute atomic E-state index is 12.2. The molecule has 1 rings (SSSR count). The van der Waals surface area contributed by atoms with Gasteiger partial charge in [0.1, 0.15) is 11.9 Å². The largest absolute Gasteiger partial charge is 0.534 e. The molecule has 5 nitrogen and oxygen atoms in total. The second kappa shape index (κ2) is 7.10. The maximum atomic E-state index is 12.2. The molecule has 1 atom stereocenters. The summed E-state index contributed by atoms with van der Waals surface area (Å²) < 4.78 is 62.0. The molecule has 0 aromatic heterocycles. The Hall–Kier alpha value is -1.61. The van der Waals surface area contributed by atoms with Crippen LogP contribution in [0.5, 0.6) is 5.75 Å². The van der Waals surface area contributed by atoms with Crippen molar-refractivity contribution < 1.29 is 35.7 Å². The van der Waals surface area contributed by atoms with E-state index >= 15 is 0 Å². The van der Waals surface area contributed by atoms with Crippen LogP contribution in [0.15, 0.2) is 24.3 Å². The minimum Gasteiger partial charge on any atom is -0.385 e. The van der Waals surface area contributed by atoms with Crippen molar-refractivity contribution in [3.8, 4) is 5.75 Å². The molecule has 1 N–H and O–H groups in total. The predicted octanol–water partition coefficient (Wildman–Crippen LogP) is 2.65. The summed E-state index contributed by atoms with van der Waals surface area (Å²) in [7, 11) is -5.75. The van der Waals surface area contributed by atoms with Gasteiger partial charge in [-0.3, -0.25) is 4.79 Å². The van der Waals surface area contributed by atoms with Crippen LogP contribution in [0.1, 0.15) is 36.5 Å². The number of carbonyl (C=O) groups is 1. The van der Waals surface area contributed by atoms with Gasteiger partial charge in [-0.2, -0.15) is 21.6 Å². The predicted molar refractivity (Wildman–Crippen MR) is 71.9 cm³/mol. The third-order valence-electron chi connectivity index (χ3n) is 2.76. The van der Waals surface area contributed by atoms with Crippen LogP contribution in [-0.4, -0.2) is 30.9 Å². The molecule has 1 unspecified atom stereocenters. The zero-order chi connectivity index (χ0) is 17.0. The van der Waals surface area contributed by atoms with Crippen LogP contribution in [-0.2, 0) is 10.1 Å². The molecule has 0 aliphatic rings. The standard InChI is InChI=1S/C13H15F3O5S/c1-2-3-4-11(17)12(18)9-5-7-10(8-6-9)21-22(19,20)13(14,15)16/h5-8,11,17H,2-4H2,1H3. The number of carbonyl (C=O) groups excluding carboxylic acids is 1. The molecule has 124 valence electrons. The van der Waals surface area contributed by atoms with E-state index in [4.69, 9.17) is 0 Å². The second-order valence-electron chi connectivity index (χ2n) is 4.53. The van der Waals surface area contributed by atoms with Crippen molar-refractivity contribution in [2.45, 2.75) is 37.8 Å². The lowest BCUT2D eigenvalue weighted by Gasteiger charge is -2.11. The first-order valence-corrected chi connectivity index (χ1v) is 7.82. The number of halogens is 3. The van der Waals surface area contributed by atoms with Crippen LogP contribution in [0.3, 0.4) is 0 Å². The molecule has 0 aliphatic carbocycles. The fourth-order valence-electron chi connectivity index (χ4n) is 1.57. The summed E-state index contributed by atoms with van der Waals surface area (Å²) >= 11 is 0. The van der Waals surface area contributed by atoms with Gasteiger partial charge >= 0.3 is 15.6 Å². The SMILES string of the molecule is CCCCC(O)C(=O)c1ccc(OS(=O)(=O)C(F)(F)F)cc1. The van der Waals surface area contributed by atoms with Gasteiger partial charge in [-0.05, 0) is 30.7 Å². The number of aliphatic hydroxyl groups is 1. The van der Waals surface area contributed by atoms with E-state index in [1.54, 1.807) is 0 Å². The Bertz CT molecular complexity index is 608. The van der Waals surface area contributed by atoms with Gasteiger partial charge in [0, 0.05) is 5.56 Å². The molecule has 0 saturated carbocycles. The van der Waals surface area contributed by atoms with Gasteiger partial charge in [0.25, 0.3) is 0 Å². The van der Waals surface area contributed by atoms with Crippen LogP contribution < -0.4 is 4.18 Å². The summed E-state index contributed by atoms with van der Waals surface area (Å²) in [5, 5.41) is 9.64. The normalized spacial score (nSPS) is 13.7. The number of rotatable bonds is 7. The zero-order valence-corrected chi connectivity index (χ0v) is 12.4. The Morgan fingerprint density at radius 2 is 1.82 bits per heavy atom. The van der Waals surface area contributed by atoms with E-state index in [-0.39, 0.29) is 12.0 Å². The second-order valence-corrected chi connectivity index (χ2v) is 6.07. The van der Waals surface area contributed by atoms with Gasteiger partial charge in [0.2, 0.25) is 0 Å². The average Bonchev–Trinajstić information content (AvgIpc) is 2.43. The Kier molecular flexibility index (Phi) is 5.95. The van der Waals surface area contributed by atoms with Crippen molar-refractivity contribution >= 4 is 15.9 Å². The third kappa shape index (κ3) is 4.70. The molecule has 0 bridgehead atoms. The molecule has 0 radical (unpaired) electrons. The van der Waals surface area contributed by atoms with Gasteiger partial charge in [0.15, 0.2) is 5.78 Å². The van der Waals surface area contributed by atoms with E-state index in [1.165, 1.54) is 0 Å². The van der Waals surface area contributed by atoms with Crippen molar-refractivity contribution in [3.63, 3.8) is 0 Å². The lowest BCUT2D eigenvalue weighted by Crippen LogP contribution is -2.28. The first kappa shape index (κ1) is 18.4. The van der Waals surface area contributed by atoms with Crippen molar-refractivity contribution in [2.75, 3.05) is 0 Å². The summed E-state index contributed by atoms with van der Waals surface area (Å²) in [6.07, 6.45) is 0.519. The lowest BCUT2D eigenvalue weighted by molar-refractivity contribution is -0.0500. The quantitative estimate of drug-likeness (QED) is 0.469. The molecule has 0 fully saturated rings. The number of benzene rings is 1.